The van der Waals surface area contributed by atoms with E-state index in [-0.39, 0.29) is 11.8 Å². The molecule has 1 aromatic heterocycles. The number of nitrogens with zero attached hydrogens (tertiary/aromatic N) is 2. The molecule has 0 aliphatic carbocycles. The van der Waals surface area contributed by atoms with Crippen LogP contribution >= 0.6 is 0 Å². The number of rotatable bonds is 4. The van der Waals surface area contributed by atoms with Crippen LogP contribution in [0.3, 0.4) is 0 Å². The lowest BCUT2D eigenvalue weighted by Gasteiger charge is -2.29. The van der Waals surface area contributed by atoms with E-state index >= 15 is 0 Å². The van der Waals surface area contributed by atoms with Crippen LogP contribution in [0.25, 0.3) is 11.3 Å². The quantitative estimate of drug-likeness (QED) is 0.933. The molecule has 5 heteroatoms. The average molecular weight is 285 g/mol. The summed E-state index contributed by atoms with van der Waals surface area (Å²) in [5.41, 5.74) is 6.38. The lowest BCUT2D eigenvalue weighted by Crippen LogP contribution is -2.38. The molecule has 0 atom stereocenters. The summed E-state index contributed by atoms with van der Waals surface area (Å²) in [6, 6.07) is 9.94. The molecule has 1 saturated heterocycles. The number of nitrogens with two attached hydrogens (primary N) is 1. The summed E-state index contributed by atoms with van der Waals surface area (Å²) >= 11 is 0. The summed E-state index contributed by atoms with van der Waals surface area (Å²) in [7, 11) is 0. The number of piperidine rings is 1. The fourth-order valence-corrected chi connectivity index (χ4v) is 2.69. The van der Waals surface area contributed by atoms with Crippen LogP contribution in [0, 0.1) is 5.92 Å². The molecule has 0 radical (unpaired) electrons. The first kappa shape index (κ1) is 13.8. The summed E-state index contributed by atoms with van der Waals surface area (Å²) in [4.78, 5) is 17.7. The number of amides is 1. The fraction of sp³-hybridized carbons (Fsp3) is 0.375. The number of carbonyl (C=O) groups is 1. The third-order valence-electron chi connectivity index (χ3n) is 3.96. The Morgan fingerprint density at radius 2 is 2.00 bits per heavy atom. The number of primary amides is 1. The normalized spacial score (nSPS) is 17.0. The van der Waals surface area contributed by atoms with Gasteiger partial charge >= 0.3 is 0 Å². The molecule has 1 aliphatic heterocycles. The van der Waals surface area contributed by atoms with E-state index in [0.29, 0.717) is 12.4 Å². The zero-order chi connectivity index (χ0) is 14.7. The van der Waals surface area contributed by atoms with Gasteiger partial charge in [0, 0.05) is 11.5 Å². The molecule has 3 rings (SSSR count). The van der Waals surface area contributed by atoms with Crippen molar-refractivity contribution in [3.63, 3.8) is 0 Å². The zero-order valence-corrected chi connectivity index (χ0v) is 11.9. The maximum Gasteiger partial charge on any atom is 0.220 e. The van der Waals surface area contributed by atoms with E-state index in [0.717, 1.165) is 37.3 Å². The van der Waals surface area contributed by atoms with Crippen molar-refractivity contribution in [2.45, 2.75) is 19.4 Å². The predicted octanol–water partition coefficient (Wildman–Crippen LogP) is 2.04. The Labute approximate surface area is 123 Å². The van der Waals surface area contributed by atoms with E-state index in [1.807, 2.05) is 30.3 Å². The number of benzene rings is 1. The highest BCUT2D eigenvalue weighted by atomic mass is 16.4. The third-order valence-corrected chi connectivity index (χ3v) is 3.96. The number of aromatic nitrogens is 1. The highest BCUT2D eigenvalue weighted by Gasteiger charge is 2.23. The Morgan fingerprint density at radius 3 is 2.67 bits per heavy atom. The monoisotopic (exact) mass is 285 g/mol. The van der Waals surface area contributed by atoms with Crippen LogP contribution in [0.2, 0.25) is 0 Å². The molecule has 21 heavy (non-hydrogen) atoms. The van der Waals surface area contributed by atoms with Crippen LogP contribution in [-0.4, -0.2) is 28.9 Å². The molecule has 2 N–H and O–H groups in total. The predicted molar refractivity (Wildman–Crippen MR) is 79.1 cm³/mol. The van der Waals surface area contributed by atoms with Crippen molar-refractivity contribution in [2.24, 2.45) is 11.7 Å². The van der Waals surface area contributed by atoms with Crippen LogP contribution < -0.4 is 5.73 Å². The Balaban J connectivity index is 1.60. The first-order valence-corrected chi connectivity index (χ1v) is 7.24. The number of likely N-dealkylation sites (tertiary alicyclic amines) is 1. The molecule has 0 unspecified atom stereocenters. The number of oxazole rings is 1. The third kappa shape index (κ3) is 3.31. The molecule has 0 bridgehead atoms. The van der Waals surface area contributed by atoms with Gasteiger partial charge in [-0.2, -0.15) is 0 Å². The number of hydrogen-bond donors (Lipinski definition) is 1. The molecule has 0 saturated carbocycles. The van der Waals surface area contributed by atoms with Gasteiger partial charge in [0.05, 0.1) is 12.7 Å². The second-order valence-corrected chi connectivity index (χ2v) is 5.44. The first-order chi connectivity index (χ1) is 10.2. The highest BCUT2D eigenvalue weighted by molar-refractivity contribution is 5.76. The van der Waals surface area contributed by atoms with E-state index in [9.17, 15) is 4.79 Å². The number of hydrogen-bond acceptors (Lipinski definition) is 4. The molecule has 1 amide bonds. The summed E-state index contributed by atoms with van der Waals surface area (Å²) in [5.74, 6) is 1.34. The van der Waals surface area contributed by atoms with Gasteiger partial charge in [0.2, 0.25) is 11.8 Å². The second-order valence-electron chi connectivity index (χ2n) is 5.44. The molecule has 1 fully saturated rings. The lowest BCUT2D eigenvalue weighted by molar-refractivity contribution is -0.123. The molecular weight excluding hydrogens is 266 g/mol. The molecule has 1 aliphatic rings. The van der Waals surface area contributed by atoms with Crippen molar-refractivity contribution in [3.05, 3.63) is 42.4 Å². The molecule has 5 nitrogen and oxygen atoms in total. The van der Waals surface area contributed by atoms with Crippen molar-refractivity contribution in [2.75, 3.05) is 13.1 Å². The van der Waals surface area contributed by atoms with Crippen LogP contribution in [0.1, 0.15) is 18.7 Å². The Hall–Kier alpha value is -2.14. The van der Waals surface area contributed by atoms with E-state index in [1.165, 1.54) is 0 Å². The van der Waals surface area contributed by atoms with E-state index < -0.39 is 0 Å². The molecule has 2 aromatic rings. The molecule has 1 aromatic carbocycles. The zero-order valence-electron chi connectivity index (χ0n) is 11.9. The summed E-state index contributed by atoms with van der Waals surface area (Å²) in [6.07, 6.45) is 3.41. The average Bonchev–Trinajstić information content (AvgIpc) is 2.97. The maximum atomic E-state index is 11.2. The van der Waals surface area contributed by atoms with E-state index in [2.05, 4.69) is 9.88 Å². The second kappa shape index (κ2) is 6.10. The minimum Gasteiger partial charge on any atom is -0.439 e. The SMILES string of the molecule is NC(=O)C1CCN(Cc2ncc(-c3ccccc3)o2)CC1. The summed E-state index contributed by atoms with van der Waals surface area (Å²) < 4.78 is 5.80. The van der Waals surface area contributed by atoms with Gasteiger partial charge in [-0.15, -0.1) is 0 Å². The van der Waals surface area contributed by atoms with Gasteiger partial charge < -0.3 is 10.2 Å². The summed E-state index contributed by atoms with van der Waals surface area (Å²) in [6.45, 7) is 2.39. The van der Waals surface area contributed by atoms with Gasteiger partial charge in [0.25, 0.3) is 0 Å². The summed E-state index contributed by atoms with van der Waals surface area (Å²) in [5, 5.41) is 0. The van der Waals surface area contributed by atoms with Crippen LogP contribution in [0.4, 0.5) is 0 Å². The minimum absolute atomic E-state index is 0.0192. The van der Waals surface area contributed by atoms with Gasteiger partial charge in [0.1, 0.15) is 0 Å². The van der Waals surface area contributed by atoms with Crippen molar-refractivity contribution in [3.8, 4) is 11.3 Å². The van der Waals surface area contributed by atoms with Gasteiger partial charge in [-0.1, -0.05) is 30.3 Å². The van der Waals surface area contributed by atoms with Crippen LogP contribution in [0.15, 0.2) is 40.9 Å². The maximum absolute atomic E-state index is 11.2. The topological polar surface area (TPSA) is 72.4 Å². The Morgan fingerprint density at radius 1 is 1.29 bits per heavy atom. The molecule has 2 heterocycles. The smallest absolute Gasteiger partial charge is 0.220 e. The molecular formula is C16H19N3O2. The number of carbonyl (C=O) groups excluding carboxylic acids is 1. The van der Waals surface area contributed by atoms with E-state index in [1.54, 1.807) is 6.20 Å². The molecule has 0 spiro atoms. The standard InChI is InChI=1S/C16H19N3O2/c17-16(20)13-6-8-19(9-7-13)11-15-18-10-14(21-15)12-4-2-1-3-5-12/h1-5,10,13H,6-9,11H2,(H2,17,20). The molecule has 110 valence electrons. The minimum atomic E-state index is -0.183. The lowest BCUT2D eigenvalue weighted by atomic mass is 9.96. The van der Waals surface area contributed by atoms with Crippen LogP contribution in [0.5, 0.6) is 0 Å². The van der Waals surface area contributed by atoms with Crippen molar-refractivity contribution in [1.29, 1.82) is 0 Å². The van der Waals surface area contributed by atoms with Crippen molar-refractivity contribution in [1.82, 2.24) is 9.88 Å². The van der Waals surface area contributed by atoms with Crippen molar-refractivity contribution < 1.29 is 9.21 Å². The Bertz CT molecular complexity index is 601. The van der Waals surface area contributed by atoms with Gasteiger partial charge in [-0.3, -0.25) is 9.69 Å². The largest absolute Gasteiger partial charge is 0.439 e. The first-order valence-electron chi connectivity index (χ1n) is 7.24. The van der Waals surface area contributed by atoms with E-state index in [4.69, 9.17) is 10.2 Å². The van der Waals surface area contributed by atoms with Crippen molar-refractivity contribution >= 4 is 5.91 Å². The van der Waals surface area contributed by atoms with Gasteiger partial charge in [-0.25, -0.2) is 4.98 Å². The van der Waals surface area contributed by atoms with Gasteiger partial charge in [-0.05, 0) is 25.9 Å². The highest BCUT2D eigenvalue weighted by Crippen LogP contribution is 2.22. The Kier molecular flexibility index (Phi) is 4.01. The van der Waals surface area contributed by atoms with Gasteiger partial charge in [0.15, 0.2) is 5.76 Å². The van der Waals surface area contributed by atoms with Crippen LogP contribution in [-0.2, 0) is 11.3 Å². The fourth-order valence-electron chi connectivity index (χ4n) is 2.69.